The highest BCUT2D eigenvalue weighted by molar-refractivity contribution is 5.87. The lowest BCUT2D eigenvalue weighted by molar-refractivity contribution is -0.131. The summed E-state index contributed by atoms with van der Waals surface area (Å²) < 4.78 is 6.49. The van der Waals surface area contributed by atoms with Crippen LogP contribution in [0.4, 0.5) is 0 Å². The molecule has 10 nitrogen and oxygen atoms in total. The molecular weight excluding hydrogens is 366 g/mol. The topological polar surface area (TPSA) is 135 Å². The molecule has 3 rings (SSSR count). The third-order valence-corrected chi connectivity index (χ3v) is 4.35. The highest BCUT2D eigenvalue weighted by atomic mass is 16.3. The highest BCUT2D eigenvalue weighted by Gasteiger charge is 2.24. The van der Waals surface area contributed by atoms with E-state index < -0.39 is 0 Å². The van der Waals surface area contributed by atoms with Crippen molar-refractivity contribution in [1.82, 2.24) is 25.7 Å². The fourth-order valence-electron chi connectivity index (χ4n) is 2.80. The van der Waals surface area contributed by atoms with Crippen molar-refractivity contribution < 1.29 is 18.8 Å². The molecule has 0 aliphatic carbocycles. The largest absolute Gasteiger partial charge is 0.463 e. The smallest absolute Gasteiger partial charge is 0.266 e. The molecule has 2 aromatic rings. The van der Waals surface area contributed by atoms with Crippen LogP contribution in [0.15, 0.2) is 39.7 Å². The molecule has 1 saturated heterocycles. The van der Waals surface area contributed by atoms with Crippen molar-refractivity contribution >= 4 is 17.7 Å². The molecule has 148 valence electrons. The number of carbonyl (C=O) groups is 3. The van der Waals surface area contributed by atoms with Gasteiger partial charge in [0.05, 0.1) is 25.3 Å². The lowest BCUT2D eigenvalue weighted by atomic mass is 9.98. The minimum absolute atomic E-state index is 0.0678. The average Bonchev–Trinajstić information content (AvgIpc) is 3.23. The molecule has 0 bridgehead atoms. The lowest BCUT2D eigenvalue weighted by Gasteiger charge is -2.21. The zero-order chi connectivity index (χ0) is 19.9. The summed E-state index contributed by atoms with van der Waals surface area (Å²) in [5.41, 5.74) is 0.222. The van der Waals surface area contributed by atoms with E-state index in [1.54, 1.807) is 18.2 Å². The Morgan fingerprint density at radius 1 is 1.25 bits per heavy atom. The third kappa shape index (κ3) is 5.06. The van der Waals surface area contributed by atoms with Crippen LogP contribution in [0.1, 0.15) is 12.8 Å². The van der Waals surface area contributed by atoms with Gasteiger partial charge in [0.15, 0.2) is 5.76 Å². The Kier molecular flexibility index (Phi) is 6.20. The van der Waals surface area contributed by atoms with Crippen LogP contribution in [0.25, 0.3) is 11.5 Å². The van der Waals surface area contributed by atoms with Gasteiger partial charge in [0, 0.05) is 25.6 Å². The summed E-state index contributed by atoms with van der Waals surface area (Å²) in [6.45, 7) is 0.482. The predicted octanol–water partition coefficient (Wildman–Crippen LogP) is -0.738. The van der Waals surface area contributed by atoms with Gasteiger partial charge >= 0.3 is 0 Å². The van der Waals surface area contributed by atoms with Gasteiger partial charge in [-0.05, 0) is 24.6 Å². The van der Waals surface area contributed by atoms with Crippen LogP contribution in [0.2, 0.25) is 0 Å². The van der Waals surface area contributed by atoms with Crippen molar-refractivity contribution in [2.24, 2.45) is 5.92 Å². The molecule has 0 spiro atoms. The first-order valence-corrected chi connectivity index (χ1v) is 8.96. The van der Waals surface area contributed by atoms with Crippen LogP contribution in [-0.4, -0.2) is 47.1 Å². The number of furan rings is 1. The number of carbonyl (C=O) groups excluding carboxylic acids is 3. The van der Waals surface area contributed by atoms with Crippen LogP contribution >= 0.6 is 0 Å². The van der Waals surface area contributed by atoms with E-state index in [1.807, 2.05) is 0 Å². The lowest BCUT2D eigenvalue weighted by Crippen LogP contribution is -2.46. The molecule has 1 aliphatic heterocycles. The molecule has 0 saturated carbocycles. The van der Waals surface area contributed by atoms with E-state index in [0.29, 0.717) is 24.3 Å². The summed E-state index contributed by atoms with van der Waals surface area (Å²) in [6.07, 6.45) is 2.30. The van der Waals surface area contributed by atoms with E-state index in [4.69, 9.17) is 4.42 Å². The number of hydrogen-bond acceptors (Lipinski definition) is 6. The predicted molar refractivity (Wildman–Crippen MR) is 98.0 cm³/mol. The molecule has 0 aromatic carbocycles. The fourth-order valence-corrected chi connectivity index (χ4v) is 2.80. The van der Waals surface area contributed by atoms with Gasteiger partial charge in [-0.2, -0.15) is 5.10 Å². The van der Waals surface area contributed by atoms with Crippen LogP contribution in [0.3, 0.4) is 0 Å². The summed E-state index contributed by atoms with van der Waals surface area (Å²) in [4.78, 5) is 46.9. The molecule has 1 fully saturated rings. The molecule has 3 heterocycles. The number of nitrogens with zero attached hydrogens (tertiary/aromatic N) is 2. The first-order valence-electron chi connectivity index (χ1n) is 8.96. The summed E-state index contributed by atoms with van der Waals surface area (Å²) >= 11 is 0. The van der Waals surface area contributed by atoms with E-state index in [2.05, 4.69) is 21.0 Å². The first kappa shape index (κ1) is 19.3. The SMILES string of the molecule is O=C1CCC(C(=O)NCC(=O)NCCn2nc(-c3ccco3)ccc2=O)CN1. The van der Waals surface area contributed by atoms with Crippen LogP contribution in [0, 0.1) is 5.92 Å². The zero-order valence-electron chi connectivity index (χ0n) is 15.1. The molecule has 1 atom stereocenters. The molecular formula is C18H21N5O5. The standard InChI is InChI=1S/C18H21N5O5/c24-15-5-3-12(10-20-15)18(27)21-11-16(25)19-7-8-23-17(26)6-4-13(22-23)14-2-1-9-28-14/h1-2,4,6,9,12H,3,5,7-8,10-11H2,(H,19,25)(H,20,24)(H,21,27). The van der Waals surface area contributed by atoms with E-state index >= 15 is 0 Å². The van der Waals surface area contributed by atoms with E-state index in [0.717, 1.165) is 0 Å². The number of rotatable bonds is 7. The average molecular weight is 387 g/mol. The van der Waals surface area contributed by atoms with Crippen LogP contribution in [-0.2, 0) is 20.9 Å². The van der Waals surface area contributed by atoms with Crippen molar-refractivity contribution in [2.45, 2.75) is 19.4 Å². The van der Waals surface area contributed by atoms with Crippen molar-refractivity contribution in [3.63, 3.8) is 0 Å². The van der Waals surface area contributed by atoms with Gasteiger partial charge in [-0.15, -0.1) is 0 Å². The number of amides is 3. The summed E-state index contributed by atoms with van der Waals surface area (Å²) in [5.74, 6) is -0.485. The van der Waals surface area contributed by atoms with Crippen molar-refractivity contribution in [3.05, 3.63) is 40.9 Å². The molecule has 2 aromatic heterocycles. The second-order valence-corrected chi connectivity index (χ2v) is 6.36. The summed E-state index contributed by atoms with van der Waals surface area (Å²) in [7, 11) is 0. The maximum absolute atomic E-state index is 12.0. The Bertz CT molecular complexity index is 895. The minimum atomic E-state index is -0.372. The Labute approximate surface area is 160 Å². The first-order chi connectivity index (χ1) is 13.5. The molecule has 28 heavy (non-hydrogen) atoms. The van der Waals surface area contributed by atoms with E-state index in [9.17, 15) is 19.2 Å². The fraction of sp³-hybridized carbons (Fsp3) is 0.389. The molecule has 0 radical (unpaired) electrons. The Morgan fingerprint density at radius 2 is 2.11 bits per heavy atom. The van der Waals surface area contributed by atoms with E-state index in [1.165, 1.54) is 17.0 Å². The quantitative estimate of drug-likeness (QED) is 0.573. The maximum atomic E-state index is 12.0. The monoisotopic (exact) mass is 387 g/mol. The van der Waals surface area contributed by atoms with Crippen molar-refractivity contribution in [1.29, 1.82) is 0 Å². The second-order valence-electron chi connectivity index (χ2n) is 6.36. The van der Waals surface area contributed by atoms with Crippen LogP contribution < -0.4 is 21.5 Å². The molecule has 3 N–H and O–H groups in total. The van der Waals surface area contributed by atoms with Gasteiger partial charge in [0.2, 0.25) is 17.7 Å². The van der Waals surface area contributed by atoms with Crippen molar-refractivity contribution in [3.8, 4) is 11.5 Å². The third-order valence-electron chi connectivity index (χ3n) is 4.35. The van der Waals surface area contributed by atoms with Crippen LogP contribution in [0.5, 0.6) is 0 Å². The Hall–Kier alpha value is -3.43. The van der Waals surface area contributed by atoms with Crippen molar-refractivity contribution in [2.75, 3.05) is 19.6 Å². The minimum Gasteiger partial charge on any atom is -0.463 e. The Morgan fingerprint density at radius 3 is 2.82 bits per heavy atom. The second kappa shape index (κ2) is 8.98. The Balaban J connectivity index is 1.43. The van der Waals surface area contributed by atoms with Gasteiger partial charge < -0.3 is 20.4 Å². The summed E-state index contributed by atoms with van der Waals surface area (Å²) in [5, 5.41) is 12.0. The van der Waals surface area contributed by atoms with Gasteiger partial charge in [0.1, 0.15) is 5.69 Å². The normalized spacial score (nSPS) is 16.3. The molecule has 1 unspecified atom stereocenters. The number of piperidine rings is 1. The van der Waals surface area contributed by atoms with Gasteiger partial charge in [-0.25, -0.2) is 4.68 Å². The molecule has 10 heteroatoms. The van der Waals surface area contributed by atoms with Gasteiger partial charge in [0.25, 0.3) is 5.56 Å². The number of aromatic nitrogens is 2. The maximum Gasteiger partial charge on any atom is 0.266 e. The number of nitrogens with one attached hydrogen (secondary N) is 3. The molecule has 3 amide bonds. The number of hydrogen-bond donors (Lipinski definition) is 3. The van der Waals surface area contributed by atoms with Gasteiger partial charge in [-0.3, -0.25) is 19.2 Å². The summed E-state index contributed by atoms with van der Waals surface area (Å²) in [6, 6.07) is 6.41. The molecule has 1 aliphatic rings. The zero-order valence-corrected chi connectivity index (χ0v) is 15.1. The van der Waals surface area contributed by atoms with E-state index in [-0.39, 0.29) is 55.4 Å². The highest BCUT2D eigenvalue weighted by Crippen LogP contribution is 2.14. The van der Waals surface area contributed by atoms with Gasteiger partial charge in [-0.1, -0.05) is 0 Å².